The van der Waals surface area contributed by atoms with Gasteiger partial charge in [0.1, 0.15) is 0 Å². The van der Waals surface area contributed by atoms with Crippen LogP contribution in [0.2, 0.25) is 0 Å². The fourth-order valence-electron chi connectivity index (χ4n) is 2.23. The van der Waals surface area contributed by atoms with E-state index in [0.717, 1.165) is 25.9 Å². The number of aliphatic hydroxyl groups is 1. The molecule has 0 aliphatic rings. The Hall–Kier alpha value is -0.860. The van der Waals surface area contributed by atoms with Crippen molar-refractivity contribution in [1.29, 1.82) is 0 Å². The lowest BCUT2D eigenvalue weighted by atomic mass is 10.0. The van der Waals surface area contributed by atoms with Crippen LogP contribution in [0.15, 0.2) is 18.2 Å². The first-order valence-corrected chi connectivity index (χ1v) is 6.92. The van der Waals surface area contributed by atoms with Crippen molar-refractivity contribution in [3.8, 4) is 0 Å². The molecule has 2 nitrogen and oxygen atoms in total. The van der Waals surface area contributed by atoms with Crippen molar-refractivity contribution in [3.63, 3.8) is 0 Å². The van der Waals surface area contributed by atoms with Gasteiger partial charge in [0.25, 0.3) is 0 Å². The fraction of sp³-hybridized carbons (Fsp3) is 0.625. The summed E-state index contributed by atoms with van der Waals surface area (Å²) in [5, 5.41) is 9.21. The molecule has 0 heterocycles. The molecule has 1 rings (SSSR count). The Kier molecular flexibility index (Phi) is 6.37. The van der Waals surface area contributed by atoms with Crippen molar-refractivity contribution in [1.82, 2.24) is 4.90 Å². The van der Waals surface area contributed by atoms with Crippen molar-refractivity contribution in [2.24, 2.45) is 5.92 Å². The van der Waals surface area contributed by atoms with Gasteiger partial charge in [0.05, 0.1) is 0 Å². The number of hydrogen-bond donors (Lipinski definition) is 1. The molecule has 2 heteroatoms. The van der Waals surface area contributed by atoms with Crippen molar-refractivity contribution < 1.29 is 5.11 Å². The maximum Gasteiger partial charge on any atom is 0.0471 e. The lowest BCUT2D eigenvalue weighted by Gasteiger charge is -2.22. The van der Waals surface area contributed by atoms with Gasteiger partial charge in [0.15, 0.2) is 0 Å². The minimum Gasteiger partial charge on any atom is -0.396 e. The molecule has 0 fully saturated rings. The molecule has 1 atom stereocenters. The summed E-state index contributed by atoms with van der Waals surface area (Å²) in [5.74, 6) is 0.411. The Labute approximate surface area is 112 Å². The molecule has 0 saturated carbocycles. The monoisotopic (exact) mass is 249 g/mol. The molecule has 0 aliphatic carbocycles. The summed E-state index contributed by atoms with van der Waals surface area (Å²) in [6.45, 7) is 8.80. The average Bonchev–Trinajstić information content (AvgIpc) is 2.37. The third-order valence-electron chi connectivity index (χ3n) is 3.67. The Balaban J connectivity index is 2.46. The van der Waals surface area contributed by atoms with Crippen molar-refractivity contribution >= 4 is 0 Å². The largest absolute Gasteiger partial charge is 0.396 e. The highest BCUT2D eigenvalue weighted by molar-refractivity contribution is 5.30. The van der Waals surface area contributed by atoms with Gasteiger partial charge in [-0.2, -0.15) is 0 Å². The van der Waals surface area contributed by atoms with Crippen LogP contribution < -0.4 is 0 Å². The molecule has 0 spiro atoms. The van der Waals surface area contributed by atoms with Crippen LogP contribution in [0.3, 0.4) is 0 Å². The summed E-state index contributed by atoms with van der Waals surface area (Å²) in [6, 6.07) is 6.65. The van der Waals surface area contributed by atoms with E-state index in [9.17, 15) is 5.11 Å². The molecule has 0 aliphatic heterocycles. The van der Waals surface area contributed by atoms with E-state index in [4.69, 9.17) is 0 Å². The first kappa shape index (κ1) is 15.2. The predicted octanol–water partition coefficient (Wildman–Crippen LogP) is 2.80. The van der Waals surface area contributed by atoms with Gasteiger partial charge in [-0.05, 0) is 50.8 Å². The Morgan fingerprint density at radius 1 is 1.28 bits per heavy atom. The maximum atomic E-state index is 9.21. The normalized spacial score (nSPS) is 13.0. The molecule has 1 unspecified atom stereocenters. The number of rotatable bonds is 7. The van der Waals surface area contributed by atoms with E-state index < -0.39 is 0 Å². The highest BCUT2D eigenvalue weighted by Gasteiger charge is 2.09. The SMILES string of the molecule is CCC(CO)CN(C)CCc1cc(C)ccc1C. The molecule has 0 aromatic heterocycles. The van der Waals surface area contributed by atoms with E-state index in [-0.39, 0.29) is 0 Å². The molecule has 0 amide bonds. The van der Waals surface area contributed by atoms with Crippen LogP contribution >= 0.6 is 0 Å². The summed E-state index contributed by atoms with van der Waals surface area (Å²) < 4.78 is 0. The number of likely N-dealkylation sites (N-methyl/N-ethyl adjacent to an activating group) is 1. The maximum absolute atomic E-state index is 9.21. The van der Waals surface area contributed by atoms with Gasteiger partial charge in [-0.1, -0.05) is 30.7 Å². The van der Waals surface area contributed by atoms with Crippen LogP contribution in [0, 0.1) is 19.8 Å². The van der Waals surface area contributed by atoms with E-state index in [2.05, 4.69) is 50.9 Å². The van der Waals surface area contributed by atoms with E-state index in [1.165, 1.54) is 16.7 Å². The van der Waals surface area contributed by atoms with Crippen molar-refractivity contribution in [2.75, 3.05) is 26.7 Å². The molecular weight excluding hydrogens is 222 g/mol. The summed E-state index contributed by atoms with van der Waals surface area (Å²) in [7, 11) is 2.14. The molecular formula is C16H27NO. The molecule has 18 heavy (non-hydrogen) atoms. The molecule has 0 bridgehead atoms. The zero-order valence-electron chi connectivity index (χ0n) is 12.2. The second-order valence-electron chi connectivity index (χ2n) is 5.40. The lowest BCUT2D eigenvalue weighted by molar-refractivity contribution is 0.177. The predicted molar refractivity (Wildman–Crippen MR) is 78.0 cm³/mol. The van der Waals surface area contributed by atoms with Gasteiger partial charge in [-0.25, -0.2) is 0 Å². The minimum atomic E-state index is 0.296. The second-order valence-corrected chi connectivity index (χ2v) is 5.40. The Morgan fingerprint density at radius 3 is 2.61 bits per heavy atom. The van der Waals surface area contributed by atoms with Crippen LogP contribution in [-0.4, -0.2) is 36.8 Å². The van der Waals surface area contributed by atoms with Crippen LogP contribution in [0.25, 0.3) is 0 Å². The molecule has 0 radical (unpaired) electrons. The van der Waals surface area contributed by atoms with Gasteiger partial charge in [-0.15, -0.1) is 0 Å². The van der Waals surface area contributed by atoms with Crippen LogP contribution in [0.4, 0.5) is 0 Å². The molecule has 0 saturated heterocycles. The average molecular weight is 249 g/mol. The van der Waals surface area contributed by atoms with E-state index >= 15 is 0 Å². The summed E-state index contributed by atoms with van der Waals surface area (Å²) >= 11 is 0. The van der Waals surface area contributed by atoms with Gasteiger partial charge in [-0.3, -0.25) is 0 Å². The zero-order chi connectivity index (χ0) is 13.5. The highest BCUT2D eigenvalue weighted by Crippen LogP contribution is 2.12. The molecule has 1 aromatic carbocycles. The fourth-order valence-corrected chi connectivity index (χ4v) is 2.23. The molecule has 1 aromatic rings. The Bertz CT molecular complexity index is 358. The van der Waals surface area contributed by atoms with Crippen molar-refractivity contribution in [2.45, 2.75) is 33.6 Å². The van der Waals surface area contributed by atoms with E-state index in [1.807, 2.05) is 0 Å². The standard InChI is InChI=1S/C16H27NO/c1-5-15(12-18)11-17(4)9-8-16-10-13(2)6-7-14(16)3/h6-7,10,15,18H,5,8-9,11-12H2,1-4H3. The third kappa shape index (κ3) is 4.79. The van der Waals surface area contributed by atoms with E-state index in [1.54, 1.807) is 0 Å². The quantitative estimate of drug-likeness (QED) is 0.803. The van der Waals surface area contributed by atoms with Gasteiger partial charge in [0.2, 0.25) is 0 Å². The number of benzene rings is 1. The van der Waals surface area contributed by atoms with Crippen LogP contribution in [0.1, 0.15) is 30.0 Å². The summed E-state index contributed by atoms with van der Waals surface area (Å²) in [6.07, 6.45) is 2.14. The Morgan fingerprint density at radius 2 is 2.00 bits per heavy atom. The minimum absolute atomic E-state index is 0.296. The highest BCUT2D eigenvalue weighted by atomic mass is 16.3. The molecule has 102 valence electrons. The topological polar surface area (TPSA) is 23.5 Å². The smallest absolute Gasteiger partial charge is 0.0471 e. The van der Waals surface area contributed by atoms with Crippen LogP contribution in [-0.2, 0) is 6.42 Å². The number of nitrogens with zero attached hydrogens (tertiary/aromatic N) is 1. The number of hydrogen-bond acceptors (Lipinski definition) is 2. The van der Waals surface area contributed by atoms with Gasteiger partial charge >= 0.3 is 0 Å². The number of aliphatic hydroxyl groups excluding tert-OH is 1. The lowest BCUT2D eigenvalue weighted by Crippen LogP contribution is -2.29. The van der Waals surface area contributed by atoms with E-state index in [0.29, 0.717) is 12.5 Å². The van der Waals surface area contributed by atoms with Gasteiger partial charge in [0, 0.05) is 19.7 Å². The van der Waals surface area contributed by atoms with Crippen molar-refractivity contribution in [3.05, 3.63) is 34.9 Å². The van der Waals surface area contributed by atoms with Gasteiger partial charge < -0.3 is 10.0 Å². The summed E-state index contributed by atoms with van der Waals surface area (Å²) in [4.78, 5) is 2.33. The summed E-state index contributed by atoms with van der Waals surface area (Å²) in [5.41, 5.74) is 4.15. The first-order valence-electron chi connectivity index (χ1n) is 6.92. The third-order valence-corrected chi connectivity index (χ3v) is 3.67. The second kappa shape index (κ2) is 7.55. The zero-order valence-corrected chi connectivity index (χ0v) is 12.2. The first-order chi connectivity index (χ1) is 8.56. The van der Waals surface area contributed by atoms with Crippen LogP contribution in [0.5, 0.6) is 0 Å². The number of aryl methyl sites for hydroxylation is 2. The molecule has 1 N–H and O–H groups in total.